The zero-order valence-electron chi connectivity index (χ0n) is 11.3. The van der Waals surface area contributed by atoms with E-state index in [0.717, 1.165) is 16.8 Å². The number of carbonyl (C=O) groups excluding carboxylic acids is 1. The maximum absolute atomic E-state index is 12.1. The van der Waals surface area contributed by atoms with Crippen molar-refractivity contribution in [3.05, 3.63) is 53.2 Å². The van der Waals surface area contributed by atoms with Gasteiger partial charge in [0, 0.05) is 12.7 Å². The molecule has 0 unspecified atom stereocenters. The molecule has 19 heavy (non-hydrogen) atoms. The lowest BCUT2D eigenvalue weighted by molar-refractivity contribution is 0.102. The molecule has 0 saturated heterocycles. The number of nitrogens with zero attached hydrogens (tertiary/aromatic N) is 1. The molecule has 0 aliphatic carbocycles. The number of aryl methyl sites for hydroxylation is 2. The smallest absolute Gasteiger partial charge is 0.274 e. The van der Waals surface area contributed by atoms with Crippen molar-refractivity contribution >= 4 is 17.4 Å². The maximum atomic E-state index is 12.1. The summed E-state index contributed by atoms with van der Waals surface area (Å²) in [4.78, 5) is 16.4. The van der Waals surface area contributed by atoms with Crippen LogP contribution in [0.15, 0.2) is 36.4 Å². The van der Waals surface area contributed by atoms with Gasteiger partial charge in [-0.15, -0.1) is 0 Å². The molecular weight excluding hydrogens is 238 g/mol. The van der Waals surface area contributed by atoms with E-state index in [4.69, 9.17) is 0 Å². The second-order valence-corrected chi connectivity index (χ2v) is 4.43. The Kier molecular flexibility index (Phi) is 3.80. The first-order valence-corrected chi connectivity index (χ1v) is 6.13. The van der Waals surface area contributed by atoms with Gasteiger partial charge in [-0.25, -0.2) is 4.98 Å². The number of anilines is 2. The second kappa shape index (κ2) is 5.52. The average molecular weight is 255 g/mol. The van der Waals surface area contributed by atoms with E-state index >= 15 is 0 Å². The van der Waals surface area contributed by atoms with Gasteiger partial charge < -0.3 is 10.6 Å². The Hall–Kier alpha value is -2.36. The zero-order valence-corrected chi connectivity index (χ0v) is 11.3. The SMILES string of the molecule is CNc1cccc(C(=O)Nc2cc(C)ccc2C)n1. The lowest BCUT2D eigenvalue weighted by Gasteiger charge is -2.09. The summed E-state index contributed by atoms with van der Waals surface area (Å²) in [5, 5.41) is 5.80. The van der Waals surface area contributed by atoms with E-state index in [1.54, 1.807) is 19.2 Å². The van der Waals surface area contributed by atoms with Crippen LogP contribution in [0.5, 0.6) is 0 Å². The van der Waals surface area contributed by atoms with Crippen LogP contribution in [0.1, 0.15) is 21.6 Å². The van der Waals surface area contributed by atoms with Crippen LogP contribution in [-0.2, 0) is 0 Å². The van der Waals surface area contributed by atoms with Crippen LogP contribution in [0.4, 0.5) is 11.5 Å². The predicted molar refractivity (Wildman–Crippen MR) is 77.7 cm³/mol. The minimum absolute atomic E-state index is 0.203. The van der Waals surface area contributed by atoms with E-state index in [2.05, 4.69) is 15.6 Å². The fraction of sp³-hybridized carbons (Fsp3) is 0.200. The van der Waals surface area contributed by atoms with Crippen molar-refractivity contribution < 1.29 is 4.79 Å². The summed E-state index contributed by atoms with van der Waals surface area (Å²) in [5.41, 5.74) is 3.36. The first-order valence-electron chi connectivity index (χ1n) is 6.13. The number of rotatable bonds is 3. The summed E-state index contributed by atoms with van der Waals surface area (Å²) in [6, 6.07) is 11.3. The quantitative estimate of drug-likeness (QED) is 0.886. The standard InChI is InChI=1S/C15H17N3O/c1-10-7-8-11(2)13(9-10)18-15(19)12-5-4-6-14(16-3)17-12/h4-9H,1-3H3,(H,16,17)(H,18,19). The van der Waals surface area contributed by atoms with Crippen molar-refractivity contribution in [2.24, 2.45) is 0 Å². The fourth-order valence-corrected chi connectivity index (χ4v) is 1.76. The molecule has 0 fully saturated rings. The third-order valence-electron chi connectivity index (χ3n) is 2.88. The van der Waals surface area contributed by atoms with Gasteiger partial charge in [0.1, 0.15) is 11.5 Å². The molecule has 0 saturated carbocycles. The molecule has 4 nitrogen and oxygen atoms in total. The van der Waals surface area contributed by atoms with Crippen molar-refractivity contribution in [1.82, 2.24) is 4.98 Å². The van der Waals surface area contributed by atoms with E-state index < -0.39 is 0 Å². The molecule has 0 atom stereocenters. The van der Waals surface area contributed by atoms with Gasteiger partial charge in [0.25, 0.3) is 5.91 Å². The zero-order chi connectivity index (χ0) is 13.8. The van der Waals surface area contributed by atoms with Crippen LogP contribution >= 0.6 is 0 Å². The Labute approximate surface area is 112 Å². The number of pyridine rings is 1. The van der Waals surface area contributed by atoms with Crippen molar-refractivity contribution in [3.8, 4) is 0 Å². The van der Waals surface area contributed by atoms with E-state index in [0.29, 0.717) is 11.5 Å². The molecule has 1 heterocycles. The topological polar surface area (TPSA) is 54.0 Å². The lowest BCUT2D eigenvalue weighted by atomic mass is 10.1. The van der Waals surface area contributed by atoms with Crippen LogP contribution in [-0.4, -0.2) is 17.9 Å². The Bertz CT molecular complexity index is 608. The van der Waals surface area contributed by atoms with Gasteiger partial charge in [0.2, 0.25) is 0 Å². The van der Waals surface area contributed by atoms with Gasteiger partial charge in [0.15, 0.2) is 0 Å². The Morgan fingerprint density at radius 2 is 1.95 bits per heavy atom. The summed E-state index contributed by atoms with van der Waals surface area (Å²) < 4.78 is 0. The number of amides is 1. The van der Waals surface area contributed by atoms with Gasteiger partial charge in [-0.3, -0.25) is 4.79 Å². The molecule has 1 aromatic carbocycles. The number of hydrogen-bond donors (Lipinski definition) is 2. The van der Waals surface area contributed by atoms with E-state index in [1.165, 1.54) is 0 Å². The van der Waals surface area contributed by atoms with Gasteiger partial charge in [-0.1, -0.05) is 18.2 Å². The molecule has 0 spiro atoms. The van der Waals surface area contributed by atoms with Crippen molar-refractivity contribution in [2.75, 3.05) is 17.7 Å². The average Bonchev–Trinajstić information content (AvgIpc) is 2.43. The van der Waals surface area contributed by atoms with Gasteiger partial charge in [-0.2, -0.15) is 0 Å². The molecule has 0 aliphatic heterocycles. The number of carbonyl (C=O) groups is 1. The van der Waals surface area contributed by atoms with Gasteiger partial charge in [-0.05, 0) is 43.2 Å². The summed E-state index contributed by atoms with van der Waals surface area (Å²) in [5.74, 6) is 0.472. The highest BCUT2D eigenvalue weighted by Gasteiger charge is 2.09. The van der Waals surface area contributed by atoms with Gasteiger partial charge >= 0.3 is 0 Å². The van der Waals surface area contributed by atoms with Crippen LogP contribution in [0, 0.1) is 13.8 Å². The second-order valence-electron chi connectivity index (χ2n) is 4.43. The third-order valence-corrected chi connectivity index (χ3v) is 2.88. The lowest BCUT2D eigenvalue weighted by Crippen LogP contribution is -2.15. The summed E-state index contributed by atoms with van der Waals surface area (Å²) in [6.45, 7) is 3.96. The van der Waals surface area contributed by atoms with Crippen LogP contribution in [0.3, 0.4) is 0 Å². The Morgan fingerprint density at radius 1 is 1.16 bits per heavy atom. The highest BCUT2D eigenvalue weighted by atomic mass is 16.1. The molecule has 1 aromatic heterocycles. The largest absolute Gasteiger partial charge is 0.373 e. The molecule has 1 amide bonds. The minimum Gasteiger partial charge on any atom is -0.373 e. The predicted octanol–water partition coefficient (Wildman–Crippen LogP) is 2.99. The van der Waals surface area contributed by atoms with Crippen LogP contribution < -0.4 is 10.6 Å². The number of benzene rings is 1. The van der Waals surface area contributed by atoms with E-state index in [9.17, 15) is 4.79 Å². The Morgan fingerprint density at radius 3 is 2.68 bits per heavy atom. The highest BCUT2D eigenvalue weighted by Crippen LogP contribution is 2.17. The summed E-state index contributed by atoms with van der Waals surface area (Å²) in [7, 11) is 1.77. The number of nitrogens with one attached hydrogen (secondary N) is 2. The maximum Gasteiger partial charge on any atom is 0.274 e. The molecule has 0 bridgehead atoms. The highest BCUT2D eigenvalue weighted by molar-refractivity contribution is 6.03. The van der Waals surface area contributed by atoms with Crippen LogP contribution in [0.25, 0.3) is 0 Å². The van der Waals surface area contributed by atoms with Gasteiger partial charge in [0.05, 0.1) is 0 Å². The molecule has 2 N–H and O–H groups in total. The minimum atomic E-state index is -0.203. The molecule has 0 radical (unpaired) electrons. The van der Waals surface area contributed by atoms with Crippen molar-refractivity contribution in [2.45, 2.75) is 13.8 Å². The monoisotopic (exact) mass is 255 g/mol. The normalized spacial score (nSPS) is 10.1. The van der Waals surface area contributed by atoms with Crippen molar-refractivity contribution in [3.63, 3.8) is 0 Å². The molecular formula is C15H17N3O. The molecule has 2 aromatic rings. The Balaban J connectivity index is 2.22. The van der Waals surface area contributed by atoms with Crippen LogP contribution in [0.2, 0.25) is 0 Å². The number of aromatic nitrogens is 1. The first-order chi connectivity index (χ1) is 9.10. The van der Waals surface area contributed by atoms with Crippen molar-refractivity contribution in [1.29, 1.82) is 0 Å². The number of hydrogen-bond acceptors (Lipinski definition) is 3. The first kappa shape index (κ1) is 13.1. The van der Waals surface area contributed by atoms with E-state index in [-0.39, 0.29) is 5.91 Å². The summed E-state index contributed by atoms with van der Waals surface area (Å²) >= 11 is 0. The third kappa shape index (κ3) is 3.10. The molecule has 2 rings (SSSR count). The molecule has 4 heteroatoms. The molecule has 0 aliphatic rings. The summed E-state index contributed by atoms with van der Waals surface area (Å²) in [6.07, 6.45) is 0. The molecule has 98 valence electrons. The van der Waals surface area contributed by atoms with E-state index in [1.807, 2.05) is 38.1 Å². The fourth-order valence-electron chi connectivity index (χ4n) is 1.76.